The summed E-state index contributed by atoms with van der Waals surface area (Å²) in [6.45, 7) is 0. The number of carbonyl (C=O) groups excluding carboxylic acids is 2. The topological polar surface area (TPSA) is 161 Å². The minimum absolute atomic E-state index is 0.310. The maximum Gasteiger partial charge on any atom is 0.311 e. The van der Waals surface area contributed by atoms with E-state index in [9.17, 15) is 40.0 Å². The smallest absolute Gasteiger partial charge is 0.311 e. The van der Waals surface area contributed by atoms with Gasteiger partial charge in [-0.3, -0.25) is 29.8 Å². The second-order valence-electron chi connectivity index (χ2n) is 4.91. The summed E-state index contributed by atoms with van der Waals surface area (Å²) in [5, 5.41) is 41.3. The van der Waals surface area contributed by atoms with Crippen LogP contribution in [-0.2, 0) is 0 Å². The normalized spacial score (nSPS) is 12.5. The molecule has 10 heteroatoms. The van der Waals surface area contributed by atoms with Crippen LogP contribution in [0.1, 0.15) is 31.8 Å². The molecule has 0 radical (unpaired) electrons. The molecule has 2 aromatic rings. The summed E-state index contributed by atoms with van der Waals surface area (Å²) >= 11 is 0. The van der Waals surface area contributed by atoms with Gasteiger partial charge in [0.25, 0.3) is 0 Å². The highest BCUT2D eigenvalue weighted by atomic mass is 16.6. The predicted molar refractivity (Wildman–Crippen MR) is 76.4 cm³/mol. The lowest BCUT2D eigenvalue weighted by atomic mass is 9.83. The van der Waals surface area contributed by atoms with Crippen LogP contribution in [0.3, 0.4) is 0 Å². The summed E-state index contributed by atoms with van der Waals surface area (Å²) in [5.41, 5.74) is -3.11. The number of carbonyl (C=O) groups is 2. The van der Waals surface area contributed by atoms with E-state index in [-0.39, 0.29) is 16.7 Å². The molecule has 1 aliphatic rings. The molecule has 0 unspecified atom stereocenters. The van der Waals surface area contributed by atoms with Crippen molar-refractivity contribution in [2.75, 3.05) is 0 Å². The van der Waals surface area contributed by atoms with E-state index in [0.717, 1.165) is 24.3 Å². The molecule has 0 amide bonds. The minimum atomic E-state index is -0.973. The number of phenols is 2. The third-order valence-corrected chi connectivity index (χ3v) is 3.63. The molecule has 3 rings (SSSR count). The zero-order valence-corrected chi connectivity index (χ0v) is 11.5. The van der Waals surface area contributed by atoms with Crippen molar-refractivity contribution in [3.8, 4) is 11.5 Å². The molecule has 0 aromatic heterocycles. The van der Waals surface area contributed by atoms with E-state index < -0.39 is 49.9 Å². The molecule has 2 N–H and O–H groups in total. The molecule has 0 saturated heterocycles. The van der Waals surface area contributed by atoms with Gasteiger partial charge in [0, 0.05) is 28.8 Å². The summed E-state index contributed by atoms with van der Waals surface area (Å²) in [6, 6.07) is 3.34. The van der Waals surface area contributed by atoms with Crippen molar-refractivity contribution in [1.82, 2.24) is 0 Å². The first-order valence-corrected chi connectivity index (χ1v) is 6.35. The van der Waals surface area contributed by atoms with Crippen LogP contribution in [0.15, 0.2) is 24.3 Å². The lowest BCUT2D eigenvalue weighted by molar-refractivity contribution is -0.386. The van der Waals surface area contributed by atoms with E-state index in [1.54, 1.807) is 0 Å². The standard InChI is InChI=1S/C14H6N2O8/c17-10-4-7-6(3-9(10)16(23)24)12(18)5-1-2-8(15(21)22)14(20)11(5)13(7)19/h1-4,17,20H. The number of aromatic hydroxyl groups is 2. The fraction of sp³-hybridized carbons (Fsp3) is 0. The molecule has 10 nitrogen and oxygen atoms in total. The molecule has 1 aliphatic carbocycles. The van der Waals surface area contributed by atoms with Crippen LogP contribution in [0.25, 0.3) is 0 Å². The molecule has 0 heterocycles. The SMILES string of the molecule is O=C1c2cc([N+](=O)[O-])c(O)cc2C(=O)c2c1ccc([N+](=O)[O-])c2O. The fourth-order valence-corrected chi connectivity index (χ4v) is 2.53. The van der Waals surface area contributed by atoms with Crippen LogP contribution < -0.4 is 0 Å². The third kappa shape index (κ3) is 1.90. The second kappa shape index (κ2) is 4.84. The quantitative estimate of drug-likeness (QED) is 0.530. The maximum absolute atomic E-state index is 12.5. The van der Waals surface area contributed by atoms with Gasteiger partial charge in [-0.25, -0.2) is 0 Å². The van der Waals surface area contributed by atoms with E-state index in [1.165, 1.54) is 0 Å². The number of hydrogen-bond acceptors (Lipinski definition) is 8. The highest BCUT2D eigenvalue weighted by Crippen LogP contribution is 2.40. The average Bonchev–Trinajstić information content (AvgIpc) is 2.51. The van der Waals surface area contributed by atoms with Crippen LogP contribution in [0.4, 0.5) is 11.4 Å². The van der Waals surface area contributed by atoms with E-state index in [2.05, 4.69) is 0 Å². The monoisotopic (exact) mass is 330 g/mol. The van der Waals surface area contributed by atoms with Crippen molar-refractivity contribution in [2.45, 2.75) is 0 Å². The van der Waals surface area contributed by atoms with Gasteiger partial charge >= 0.3 is 11.4 Å². The first-order chi connectivity index (χ1) is 11.2. The van der Waals surface area contributed by atoms with Crippen LogP contribution in [-0.4, -0.2) is 31.6 Å². The van der Waals surface area contributed by atoms with Crippen molar-refractivity contribution >= 4 is 22.9 Å². The van der Waals surface area contributed by atoms with Crippen molar-refractivity contribution in [3.63, 3.8) is 0 Å². The molecule has 0 saturated carbocycles. The number of ketones is 2. The molecule has 0 spiro atoms. The van der Waals surface area contributed by atoms with E-state index >= 15 is 0 Å². The van der Waals surface area contributed by atoms with Crippen molar-refractivity contribution in [1.29, 1.82) is 0 Å². The summed E-state index contributed by atoms with van der Waals surface area (Å²) in [4.78, 5) is 44.8. The molecule has 0 bridgehead atoms. The first-order valence-electron chi connectivity index (χ1n) is 6.35. The van der Waals surface area contributed by atoms with Gasteiger partial charge in [-0.05, 0) is 12.1 Å². The van der Waals surface area contributed by atoms with Crippen molar-refractivity contribution in [2.24, 2.45) is 0 Å². The number of nitrogens with zero attached hydrogens (tertiary/aromatic N) is 2. The number of nitro groups is 2. The van der Waals surface area contributed by atoms with E-state index in [1.807, 2.05) is 0 Å². The van der Waals surface area contributed by atoms with Crippen LogP contribution in [0, 0.1) is 20.2 Å². The van der Waals surface area contributed by atoms with Gasteiger partial charge < -0.3 is 10.2 Å². The van der Waals surface area contributed by atoms with E-state index in [4.69, 9.17) is 0 Å². The molecule has 0 fully saturated rings. The highest BCUT2D eigenvalue weighted by molar-refractivity contribution is 6.30. The van der Waals surface area contributed by atoms with Gasteiger partial charge in [0.2, 0.25) is 5.75 Å². The number of fused-ring (bicyclic) bond motifs is 2. The number of benzene rings is 2. The van der Waals surface area contributed by atoms with E-state index in [0.29, 0.717) is 0 Å². The molecule has 24 heavy (non-hydrogen) atoms. The van der Waals surface area contributed by atoms with Gasteiger partial charge in [0.1, 0.15) is 0 Å². The van der Waals surface area contributed by atoms with Crippen LogP contribution in [0.5, 0.6) is 11.5 Å². The first kappa shape index (κ1) is 15.1. The Morgan fingerprint density at radius 1 is 0.792 bits per heavy atom. The molecule has 0 atom stereocenters. The predicted octanol–water partition coefficient (Wildman–Crippen LogP) is 1.69. The summed E-state index contributed by atoms with van der Waals surface area (Å²) in [7, 11) is 0. The lowest BCUT2D eigenvalue weighted by Crippen LogP contribution is -2.21. The Bertz CT molecular complexity index is 967. The van der Waals surface area contributed by atoms with Crippen molar-refractivity contribution in [3.05, 3.63) is 66.7 Å². The number of phenolic OH excluding ortho intramolecular Hbond substituents is 2. The Hall–Kier alpha value is -3.82. The van der Waals surface area contributed by atoms with Crippen molar-refractivity contribution < 1.29 is 29.6 Å². The molecular weight excluding hydrogens is 324 g/mol. The largest absolute Gasteiger partial charge is 0.502 e. The Kier molecular flexibility index (Phi) is 3.04. The third-order valence-electron chi connectivity index (χ3n) is 3.63. The molecule has 0 aliphatic heterocycles. The number of nitro benzene ring substituents is 2. The van der Waals surface area contributed by atoms with Crippen LogP contribution in [0.2, 0.25) is 0 Å². The fourth-order valence-electron chi connectivity index (χ4n) is 2.53. The summed E-state index contributed by atoms with van der Waals surface area (Å²) in [6.07, 6.45) is 0. The Morgan fingerprint density at radius 3 is 1.96 bits per heavy atom. The van der Waals surface area contributed by atoms with Gasteiger partial charge in [-0.1, -0.05) is 0 Å². The number of rotatable bonds is 2. The Morgan fingerprint density at radius 2 is 1.38 bits per heavy atom. The van der Waals surface area contributed by atoms with Gasteiger partial charge in [0.15, 0.2) is 17.3 Å². The summed E-state index contributed by atoms with van der Waals surface area (Å²) in [5.74, 6) is -3.59. The zero-order valence-electron chi connectivity index (χ0n) is 11.5. The molecular formula is C14H6N2O8. The number of hydrogen-bond donors (Lipinski definition) is 2. The molecule has 2 aromatic carbocycles. The van der Waals surface area contributed by atoms with Gasteiger partial charge in [0.05, 0.1) is 15.4 Å². The second-order valence-corrected chi connectivity index (χ2v) is 4.91. The lowest BCUT2D eigenvalue weighted by Gasteiger charge is -2.18. The Balaban J connectivity index is 2.32. The van der Waals surface area contributed by atoms with Crippen LogP contribution >= 0.6 is 0 Å². The minimum Gasteiger partial charge on any atom is -0.502 e. The Labute approximate surface area is 131 Å². The summed E-state index contributed by atoms with van der Waals surface area (Å²) < 4.78 is 0. The highest BCUT2D eigenvalue weighted by Gasteiger charge is 2.37. The maximum atomic E-state index is 12.5. The van der Waals surface area contributed by atoms with Gasteiger partial charge in [-0.15, -0.1) is 0 Å². The zero-order chi connectivity index (χ0) is 17.8. The molecule has 120 valence electrons. The average molecular weight is 330 g/mol. The van der Waals surface area contributed by atoms with Gasteiger partial charge in [-0.2, -0.15) is 0 Å².